The van der Waals surface area contributed by atoms with Crippen LogP contribution in [0.2, 0.25) is 0 Å². The molecule has 2 bridgehead atoms. The molecule has 0 unspecified atom stereocenters. The Balaban J connectivity index is 1.33. The van der Waals surface area contributed by atoms with Crippen molar-refractivity contribution >= 4 is 0 Å². The first-order valence-electron chi connectivity index (χ1n) is 9.68. The van der Waals surface area contributed by atoms with E-state index >= 15 is 0 Å². The molecule has 1 aromatic carbocycles. The van der Waals surface area contributed by atoms with Gasteiger partial charge >= 0.3 is 0 Å². The van der Waals surface area contributed by atoms with Crippen molar-refractivity contribution in [3.8, 4) is 11.5 Å². The molecule has 3 fully saturated rings. The fourth-order valence-electron chi connectivity index (χ4n) is 4.89. The highest BCUT2D eigenvalue weighted by Crippen LogP contribution is 2.61. The summed E-state index contributed by atoms with van der Waals surface area (Å²) in [6, 6.07) is 6.08. The topological polar surface area (TPSA) is 42.5 Å². The lowest BCUT2D eigenvalue weighted by Gasteiger charge is -2.60. The molecular weight excluding hydrogens is 312 g/mol. The minimum Gasteiger partial charge on any atom is -0.493 e. The maximum atomic E-state index is 5.35. The molecule has 0 radical (unpaired) electrons. The van der Waals surface area contributed by atoms with E-state index in [1.807, 2.05) is 12.1 Å². The van der Waals surface area contributed by atoms with Gasteiger partial charge < -0.3 is 20.1 Å². The number of hydrogen-bond donors (Lipinski definition) is 2. The Morgan fingerprint density at radius 1 is 1.04 bits per heavy atom. The average Bonchev–Trinajstić information content (AvgIpc) is 2.64. The van der Waals surface area contributed by atoms with Crippen molar-refractivity contribution in [2.45, 2.75) is 39.7 Å². The monoisotopic (exact) mass is 346 g/mol. The summed E-state index contributed by atoms with van der Waals surface area (Å²) in [5.41, 5.74) is 1.81. The van der Waals surface area contributed by atoms with Crippen LogP contribution in [0.3, 0.4) is 0 Å². The van der Waals surface area contributed by atoms with Gasteiger partial charge in [-0.05, 0) is 66.7 Å². The SMILES string of the molecule is COc1ccc(CNCCNC[C@@H]2CC[C@H]3C[C@@H]2C3(C)C)cc1OC. The van der Waals surface area contributed by atoms with E-state index in [-0.39, 0.29) is 0 Å². The molecule has 4 nitrogen and oxygen atoms in total. The number of ether oxygens (including phenoxy) is 2. The van der Waals surface area contributed by atoms with E-state index in [0.29, 0.717) is 5.41 Å². The number of rotatable bonds is 9. The Hall–Kier alpha value is -1.26. The summed E-state index contributed by atoms with van der Waals surface area (Å²) in [6.07, 6.45) is 4.33. The van der Waals surface area contributed by atoms with Gasteiger partial charge in [0.1, 0.15) is 0 Å². The Bertz CT molecular complexity index is 571. The van der Waals surface area contributed by atoms with E-state index in [1.165, 1.54) is 31.4 Å². The van der Waals surface area contributed by atoms with E-state index in [4.69, 9.17) is 9.47 Å². The van der Waals surface area contributed by atoms with Crippen molar-refractivity contribution < 1.29 is 9.47 Å². The van der Waals surface area contributed by atoms with E-state index in [9.17, 15) is 0 Å². The molecule has 0 heterocycles. The molecule has 3 aliphatic rings. The lowest BCUT2D eigenvalue weighted by molar-refractivity contribution is -0.103. The van der Waals surface area contributed by atoms with Crippen LogP contribution in [0.1, 0.15) is 38.7 Å². The lowest BCUT2D eigenvalue weighted by atomic mass is 9.45. The predicted octanol–water partition coefficient (Wildman–Crippen LogP) is 3.46. The van der Waals surface area contributed by atoms with Crippen LogP contribution in [-0.4, -0.2) is 33.9 Å². The molecule has 1 aromatic rings. The third kappa shape index (κ3) is 3.95. The normalized spacial score (nSPS) is 26.8. The Kier molecular flexibility index (Phi) is 5.90. The van der Waals surface area contributed by atoms with Gasteiger partial charge in [-0.2, -0.15) is 0 Å². The smallest absolute Gasteiger partial charge is 0.161 e. The standard InChI is InChI=1S/C21H34N2O2/c1-21(2)17-7-6-16(18(21)12-17)14-23-10-9-22-13-15-5-8-19(24-3)20(11-15)25-4/h5,8,11,16-18,22-23H,6-7,9-10,12-14H2,1-4H3/t16-,17-,18-/m0/s1. The quantitative estimate of drug-likeness (QED) is 0.672. The van der Waals surface area contributed by atoms with E-state index in [0.717, 1.165) is 48.9 Å². The van der Waals surface area contributed by atoms with Gasteiger partial charge in [0, 0.05) is 19.6 Å². The molecule has 0 amide bonds. The Morgan fingerprint density at radius 3 is 2.48 bits per heavy atom. The molecule has 4 rings (SSSR count). The number of benzene rings is 1. The summed E-state index contributed by atoms with van der Waals surface area (Å²) < 4.78 is 10.6. The highest BCUT2D eigenvalue weighted by molar-refractivity contribution is 5.42. The van der Waals surface area contributed by atoms with Gasteiger partial charge in [0.15, 0.2) is 11.5 Å². The Morgan fingerprint density at radius 2 is 1.80 bits per heavy atom. The largest absolute Gasteiger partial charge is 0.493 e. The van der Waals surface area contributed by atoms with Crippen LogP contribution in [0.15, 0.2) is 18.2 Å². The number of hydrogen-bond acceptors (Lipinski definition) is 4. The first kappa shape index (κ1) is 18.5. The molecule has 2 N–H and O–H groups in total. The van der Waals surface area contributed by atoms with Gasteiger partial charge in [-0.3, -0.25) is 0 Å². The average molecular weight is 347 g/mol. The number of fused-ring (bicyclic) bond motifs is 2. The molecule has 4 heteroatoms. The van der Waals surface area contributed by atoms with Gasteiger partial charge in [0.2, 0.25) is 0 Å². The van der Waals surface area contributed by atoms with Gasteiger partial charge in [0.25, 0.3) is 0 Å². The fourth-order valence-corrected chi connectivity index (χ4v) is 4.89. The van der Waals surface area contributed by atoms with Crippen LogP contribution in [0, 0.1) is 23.2 Å². The van der Waals surface area contributed by atoms with Crippen molar-refractivity contribution in [2.24, 2.45) is 23.2 Å². The number of methoxy groups -OCH3 is 2. The molecule has 3 saturated carbocycles. The number of nitrogens with one attached hydrogen (secondary N) is 2. The molecule has 0 aliphatic heterocycles. The van der Waals surface area contributed by atoms with Gasteiger partial charge in [0.05, 0.1) is 14.2 Å². The molecule has 140 valence electrons. The lowest BCUT2D eigenvalue weighted by Crippen LogP contribution is -2.54. The molecule has 0 saturated heterocycles. The summed E-state index contributed by atoms with van der Waals surface area (Å²) in [7, 11) is 3.34. The highest BCUT2D eigenvalue weighted by atomic mass is 16.5. The zero-order valence-corrected chi connectivity index (χ0v) is 16.2. The maximum Gasteiger partial charge on any atom is 0.161 e. The third-order valence-electron chi connectivity index (χ3n) is 6.66. The van der Waals surface area contributed by atoms with Crippen LogP contribution < -0.4 is 20.1 Å². The first-order valence-corrected chi connectivity index (χ1v) is 9.68. The van der Waals surface area contributed by atoms with Crippen molar-refractivity contribution in [3.05, 3.63) is 23.8 Å². The first-order chi connectivity index (χ1) is 12.1. The zero-order chi connectivity index (χ0) is 17.9. The summed E-state index contributed by atoms with van der Waals surface area (Å²) in [4.78, 5) is 0. The van der Waals surface area contributed by atoms with Crippen LogP contribution in [-0.2, 0) is 6.54 Å². The molecule has 3 atom stereocenters. The summed E-state index contributed by atoms with van der Waals surface area (Å²) in [6.45, 7) is 8.99. The molecular formula is C21H34N2O2. The van der Waals surface area contributed by atoms with E-state index in [2.05, 4.69) is 30.5 Å². The van der Waals surface area contributed by atoms with Crippen molar-refractivity contribution in [1.29, 1.82) is 0 Å². The van der Waals surface area contributed by atoms with Crippen LogP contribution >= 0.6 is 0 Å². The summed E-state index contributed by atoms with van der Waals surface area (Å²) in [5.74, 6) is 4.39. The summed E-state index contributed by atoms with van der Waals surface area (Å²) >= 11 is 0. The second kappa shape index (κ2) is 7.96. The molecule has 0 spiro atoms. The molecule has 3 aliphatic carbocycles. The second-order valence-electron chi connectivity index (χ2n) is 8.27. The summed E-state index contributed by atoms with van der Waals surface area (Å²) in [5, 5.41) is 7.17. The third-order valence-corrected chi connectivity index (χ3v) is 6.66. The van der Waals surface area contributed by atoms with Gasteiger partial charge in [-0.25, -0.2) is 0 Å². The van der Waals surface area contributed by atoms with Crippen LogP contribution in [0.4, 0.5) is 0 Å². The van der Waals surface area contributed by atoms with Crippen molar-refractivity contribution in [1.82, 2.24) is 10.6 Å². The minimum atomic E-state index is 0.594. The van der Waals surface area contributed by atoms with E-state index < -0.39 is 0 Å². The van der Waals surface area contributed by atoms with Crippen LogP contribution in [0.25, 0.3) is 0 Å². The predicted molar refractivity (Wildman–Crippen MR) is 102 cm³/mol. The van der Waals surface area contributed by atoms with Crippen molar-refractivity contribution in [2.75, 3.05) is 33.9 Å². The van der Waals surface area contributed by atoms with Crippen molar-refractivity contribution in [3.63, 3.8) is 0 Å². The fraction of sp³-hybridized carbons (Fsp3) is 0.714. The van der Waals surface area contributed by atoms with Crippen LogP contribution in [0.5, 0.6) is 11.5 Å². The Labute approximate surface area is 152 Å². The van der Waals surface area contributed by atoms with Gasteiger partial charge in [-0.1, -0.05) is 19.9 Å². The molecule has 0 aromatic heterocycles. The highest BCUT2D eigenvalue weighted by Gasteiger charge is 2.53. The molecule has 25 heavy (non-hydrogen) atoms. The minimum absolute atomic E-state index is 0.594. The van der Waals surface area contributed by atoms with E-state index in [1.54, 1.807) is 14.2 Å². The second-order valence-corrected chi connectivity index (χ2v) is 8.27. The van der Waals surface area contributed by atoms with Gasteiger partial charge in [-0.15, -0.1) is 0 Å². The zero-order valence-electron chi connectivity index (χ0n) is 16.2. The maximum absolute atomic E-state index is 5.35.